The molecule has 0 bridgehead atoms. The van der Waals surface area contributed by atoms with Crippen molar-refractivity contribution in [1.82, 2.24) is 0 Å². The summed E-state index contributed by atoms with van der Waals surface area (Å²) in [7, 11) is 0. The zero-order valence-corrected chi connectivity index (χ0v) is 22.3. The maximum absolute atomic E-state index is 12.8. The molecule has 8 unspecified atom stereocenters. The number of aliphatic hydroxyl groups is 2. The lowest BCUT2D eigenvalue weighted by Gasteiger charge is -2.74. The summed E-state index contributed by atoms with van der Waals surface area (Å²) in [6.07, 6.45) is 11.2. The van der Waals surface area contributed by atoms with Gasteiger partial charge in [0.2, 0.25) is 0 Å². The number of allylic oxidation sites excluding steroid dienone is 2. The van der Waals surface area contributed by atoms with Crippen molar-refractivity contribution < 1.29 is 15.0 Å². The standard InChI is InChI=1S/C30H48O3/c1-19-24(33)20(32)16-22-26(19,4)9-8-21-27(22,5)11-12-29(7)23-17-25(2,3)10-14-30(23,18-31)15-13-28(21,29)6/h21-23,31,33H,8-18H2,1-7H3. The fourth-order valence-corrected chi connectivity index (χ4v) is 10.8. The van der Waals surface area contributed by atoms with Crippen molar-refractivity contribution in [2.24, 2.45) is 50.2 Å². The maximum Gasteiger partial charge on any atom is 0.197 e. The van der Waals surface area contributed by atoms with E-state index in [1.165, 1.54) is 44.9 Å². The lowest BCUT2D eigenvalue weighted by Crippen LogP contribution is -2.68. The molecule has 5 rings (SSSR count). The third kappa shape index (κ3) is 2.81. The van der Waals surface area contributed by atoms with Gasteiger partial charge < -0.3 is 10.2 Å². The summed E-state index contributed by atoms with van der Waals surface area (Å²) in [5, 5.41) is 21.3. The van der Waals surface area contributed by atoms with E-state index in [1.54, 1.807) is 0 Å². The van der Waals surface area contributed by atoms with E-state index in [1.807, 2.05) is 6.92 Å². The summed E-state index contributed by atoms with van der Waals surface area (Å²) in [5.74, 6) is 1.52. The van der Waals surface area contributed by atoms with Crippen molar-refractivity contribution in [2.45, 2.75) is 113 Å². The molecule has 186 valence electrons. The first-order valence-electron chi connectivity index (χ1n) is 13.7. The van der Waals surface area contributed by atoms with Crippen LogP contribution in [-0.4, -0.2) is 22.6 Å². The van der Waals surface area contributed by atoms with Gasteiger partial charge in [0.1, 0.15) is 0 Å². The van der Waals surface area contributed by atoms with Crippen LogP contribution in [0.1, 0.15) is 113 Å². The highest BCUT2D eigenvalue weighted by molar-refractivity contribution is 5.95. The molecule has 4 fully saturated rings. The predicted octanol–water partition coefficient (Wildman–Crippen LogP) is 7.24. The monoisotopic (exact) mass is 456 g/mol. The highest BCUT2D eigenvalue weighted by Crippen LogP contribution is 2.78. The van der Waals surface area contributed by atoms with Crippen molar-refractivity contribution in [3.63, 3.8) is 0 Å². The molecule has 0 heterocycles. The van der Waals surface area contributed by atoms with E-state index in [-0.39, 0.29) is 38.6 Å². The molecular formula is C30H48O3. The van der Waals surface area contributed by atoms with E-state index in [0.717, 1.165) is 18.4 Å². The molecular weight excluding hydrogens is 408 g/mol. The smallest absolute Gasteiger partial charge is 0.197 e. The zero-order valence-electron chi connectivity index (χ0n) is 22.3. The summed E-state index contributed by atoms with van der Waals surface area (Å²) in [6.45, 7) is 17.3. The zero-order chi connectivity index (χ0) is 24.2. The molecule has 0 aromatic carbocycles. The lowest BCUT2D eigenvalue weighted by molar-refractivity contribution is -0.256. The Morgan fingerprint density at radius 3 is 2.09 bits per heavy atom. The number of hydrogen-bond acceptors (Lipinski definition) is 3. The number of carbonyl (C=O) groups excluding carboxylic acids is 1. The Labute approximate surface area is 201 Å². The average molecular weight is 457 g/mol. The molecule has 0 saturated heterocycles. The first-order valence-corrected chi connectivity index (χ1v) is 13.7. The molecule has 0 amide bonds. The van der Waals surface area contributed by atoms with E-state index >= 15 is 0 Å². The van der Waals surface area contributed by atoms with Crippen LogP contribution in [0, 0.1) is 50.2 Å². The largest absolute Gasteiger partial charge is 0.504 e. The van der Waals surface area contributed by atoms with Crippen LogP contribution >= 0.6 is 0 Å². The minimum absolute atomic E-state index is 0.0349. The van der Waals surface area contributed by atoms with E-state index in [9.17, 15) is 15.0 Å². The quantitative estimate of drug-likeness (QED) is 0.437. The van der Waals surface area contributed by atoms with Gasteiger partial charge in [-0.05, 0) is 121 Å². The van der Waals surface area contributed by atoms with Crippen LogP contribution in [0.4, 0.5) is 0 Å². The number of hydrogen-bond donors (Lipinski definition) is 2. The molecule has 5 aliphatic rings. The molecule has 2 N–H and O–H groups in total. The Balaban J connectivity index is 1.58. The first kappa shape index (κ1) is 23.9. The SMILES string of the molecule is CC1=C(O)C(=O)CC2C1(C)CCC1C2(C)CCC2(C)C3CC(C)(C)CCC3(CO)CCC12C. The van der Waals surface area contributed by atoms with Crippen LogP contribution in [0.5, 0.6) is 0 Å². The second-order valence-corrected chi connectivity index (χ2v) is 14.9. The number of aliphatic hydroxyl groups excluding tert-OH is 2. The third-order valence-electron chi connectivity index (χ3n) is 13.5. The fraction of sp³-hybridized carbons (Fsp3) is 0.900. The Kier molecular flexibility index (Phi) is 4.99. The van der Waals surface area contributed by atoms with E-state index < -0.39 is 0 Å². The summed E-state index contributed by atoms with van der Waals surface area (Å²) < 4.78 is 0. The second-order valence-electron chi connectivity index (χ2n) is 14.9. The molecule has 0 aromatic rings. The van der Waals surface area contributed by atoms with Crippen LogP contribution < -0.4 is 0 Å². The summed E-state index contributed by atoms with van der Waals surface area (Å²) in [6, 6.07) is 0. The van der Waals surface area contributed by atoms with Gasteiger partial charge in [0, 0.05) is 13.0 Å². The van der Waals surface area contributed by atoms with Crippen molar-refractivity contribution in [3.8, 4) is 0 Å². The normalized spacial score (nSPS) is 53.6. The minimum Gasteiger partial charge on any atom is -0.504 e. The van der Waals surface area contributed by atoms with Crippen molar-refractivity contribution >= 4 is 5.78 Å². The summed E-state index contributed by atoms with van der Waals surface area (Å²) in [4.78, 5) is 12.8. The second kappa shape index (κ2) is 6.89. The van der Waals surface area contributed by atoms with Gasteiger partial charge in [0.15, 0.2) is 11.5 Å². The molecule has 33 heavy (non-hydrogen) atoms. The number of fused-ring (bicyclic) bond motifs is 7. The number of ketones is 1. The molecule has 3 heteroatoms. The number of Topliss-reactive ketones (excluding diaryl/α,β-unsaturated/α-hetero) is 1. The van der Waals surface area contributed by atoms with Gasteiger partial charge in [-0.2, -0.15) is 0 Å². The number of carbonyl (C=O) groups is 1. The maximum atomic E-state index is 12.8. The van der Waals surface area contributed by atoms with Crippen molar-refractivity contribution in [2.75, 3.05) is 6.61 Å². The molecule has 0 radical (unpaired) electrons. The summed E-state index contributed by atoms with van der Waals surface area (Å²) >= 11 is 0. The van der Waals surface area contributed by atoms with Crippen LogP contribution in [-0.2, 0) is 4.79 Å². The van der Waals surface area contributed by atoms with Gasteiger partial charge in [0.25, 0.3) is 0 Å². The van der Waals surface area contributed by atoms with Crippen molar-refractivity contribution in [3.05, 3.63) is 11.3 Å². The predicted molar refractivity (Wildman–Crippen MR) is 133 cm³/mol. The summed E-state index contributed by atoms with van der Waals surface area (Å²) in [5.41, 5.74) is 1.93. The van der Waals surface area contributed by atoms with Gasteiger partial charge in [-0.25, -0.2) is 0 Å². The molecule has 3 nitrogen and oxygen atoms in total. The van der Waals surface area contributed by atoms with Crippen LogP contribution in [0.15, 0.2) is 11.3 Å². The van der Waals surface area contributed by atoms with Crippen LogP contribution in [0.2, 0.25) is 0 Å². The Hall–Kier alpha value is -0.830. The van der Waals surface area contributed by atoms with Crippen LogP contribution in [0.3, 0.4) is 0 Å². The molecule has 0 aliphatic heterocycles. The van der Waals surface area contributed by atoms with Crippen LogP contribution in [0.25, 0.3) is 0 Å². The lowest BCUT2D eigenvalue weighted by atomic mass is 9.30. The van der Waals surface area contributed by atoms with Gasteiger partial charge in [-0.1, -0.05) is 41.5 Å². The molecule has 5 aliphatic carbocycles. The van der Waals surface area contributed by atoms with Gasteiger partial charge in [0.05, 0.1) is 0 Å². The Morgan fingerprint density at radius 1 is 0.818 bits per heavy atom. The van der Waals surface area contributed by atoms with E-state index in [4.69, 9.17) is 0 Å². The van der Waals surface area contributed by atoms with E-state index in [2.05, 4.69) is 41.5 Å². The van der Waals surface area contributed by atoms with Crippen molar-refractivity contribution in [1.29, 1.82) is 0 Å². The average Bonchev–Trinajstić information content (AvgIpc) is 2.76. The fourth-order valence-electron chi connectivity index (χ4n) is 10.8. The molecule has 4 saturated carbocycles. The molecule has 8 atom stereocenters. The van der Waals surface area contributed by atoms with Gasteiger partial charge in [-0.3, -0.25) is 4.79 Å². The highest BCUT2D eigenvalue weighted by Gasteiger charge is 2.71. The molecule has 0 aromatic heterocycles. The Morgan fingerprint density at radius 2 is 1.42 bits per heavy atom. The van der Waals surface area contributed by atoms with Gasteiger partial charge >= 0.3 is 0 Å². The highest BCUT2D eigenvalue weighted by atomic mass is 16.3. The molecule has 0 spiro atoms. The third-order valence-corrected chi connectivity index (χ3v) is 13.5. The first-order chi connectivity index (χ1) is 15.2. The topological polar surface area (TPSA) is 57.5 Å². The number of rotatable bonds is 1. The Bertz CT molecular complexity index is 902. The van der Waals surface area contributed by atoms with Gasteiger partial charge in [-0.15, -0.1) is 0 Å². The minimum atomic E-state index is -0.0658. The van der Waals surface area contributed by atoms with E-state index in [0.29, 0.717) is 36.2 Å².